The van der Waals surface area contributed by atoms with Gasteiger partial charge in [0, 0.05) is 5.41 Å². The first-order valence-electron chi connectivity index (χ1n) is 4.05. The summed E-state index contributed by atoms with van der Waals surface area (Å²) in [5, 5.41) is 18.3. The molecule has 0 aliphatic heterocycles. The van der Waals surface area contributed by atoms with E-state index in [4.69, 9.17) is 15.4 Å². The highest BCUT2D eigenvalue weighted by molar-refractivity contribution is 7.87. The van der Waals surface area contributed by atoms with E-state index in [1.165, 1.54) is 13.8 Å². The monoisotopic (exact) mass is 227 g/mol. The van der Waals surface area contributed by atoms with Gasteiger partial charge in [0.15, 0.2) is 4.87 Å². The highest BCUT2D eigenvalue weighted by Gasteiger charge is 2.55. The average molecular weight is 227 g/mol. The quantitative estimate of drug-likeness (QED) is 0.454. The second-order valence-electron chi connectivity index (χ2n) is 3.99. The molecule has 0 heterocycles. The van der Waals surface area contributed by atoms with Gasteiger partial charge in [0.25, 0.3) is 10.1 Å². The molecule has 0 radical (unpaired) electrons. The summed E-state index contributed by atoms with van der Waals surface area (Å²) in [7, 11) is -4.67. The molecule has 86 valence electrons. The third-order valence-electron chi connectivity index (χ3n) is 2.50. The third kappa shape index (κ3) is 1.91. The summed E-state index contributed by atoms with van der Waals surface area (Å²) in [5.41, 5.74) is 4.11. The SMILES string of the molecule is CC(O)C(N)(C(C)(C)CO)S(=O)(=O)O. The largest absolute Gasteiger partial charge is 0.396 e. The van der Waals surface area contributed by atoms with Gasteiger partial charge in [0.05, 0.1) is 12.7 Å². The Labute approximate surface area is 83.5 Å². The summed E-state index contributed by atoms with van der Waals surface area (Å²) >= 11 is 0. The van der Waals surface area contributed by atoms with Gasteiger partial charge in [-0.15, -0.1) is 0 Å². The summed E-state index contributed by atoms with van der Waals surface area (Å²) in [4.78, 5) is -2.28. The van der Waals surface area contributed by atoms with Gasteiger partial charge in [-0.05, 0) is 6.92 Å². The number of hydrogen-bond donors (Lipinski definition) is 4. The van der Waals surface area contributed by atoms with Crippen molar-refractivity contribution in [2.45, 2.75) is 31.7 Å². The van der Waals surface area contributed by atoms with E-state index in [1.54, 1.807) is 0 Å². The van der Waals surface area contributed by atoms with E-state index in [2.05, 4.69) is 0 Å². The molecule has 0 amide bonds. The fraction of sp³-hybridized carbons (Fsp3) is 1.00. The van der Waals surface area contributed by atoms with Crippen LogP contribution in [-0.4, -0.2) is 40.8 Å². The number of aliphatic hydroxyl groups is 2. The molecule has 7 heteroatoms. The molecule has 0 fully saturated rings. The van der Waals surface area contributed by atoms with Crippen LogP contribution in [0.2, 0.25) is 0 Å². The van der Waals surface area contributed by atoms with Gasteiger partial charge < -0.3 is 15.9 Å². The van der Waals surface area contributed by atoms with Crippen molar-refractivity contribution >= 4 is 10.1 Å². The molecule has 0 saturated carbocycles. The molecule has 6 nitrogen and oxygen atoms in total. The Bertz CT molecular complexity index is 297. The van der Waals surface area contributed by atoms with Crippen molar-refractivity contribution in [3.63, 3.8) is 0 Å². The highest BCUT2D eigenvalue weighted by atomic mass is 32.2. The molecule has 2 atom stereocenters. The van der Waals surface area contributed by atoms with Crippen molar-refractivity contribution in [2.75, 3.05) is 6.61 Å². The Morgan fingerprint density at radius 2 is 1.79 bits per heavy atom. The minimum Gasteiger partial charge on any atom is -0.396 e. The van der Waals surface area contributed by atoms with E-state index in [1.807, 2.05) is 0 Å². The summed E-state index contributed by atoms with van der Waals surface area (Å²) in [6.07, 6.45) is -1.50. The Morgan fingerprint density at radius 1 is 1.43 bits per heavy atom. The second kappa shape index (κ2) is 3.74. The Balaban J connectivity index is 5.58. The Kier molecular flexibility index (Phi) is 3.69. The third-order valence-corrected chi connectivity index (χ3v) is 4.25. The molecule has 0 rings (SSSR count). The molecule has 0 bridgehead atoms. The Morgan fingerprint density at radius 3 is 1.86 bits per heavy atom. The summed E-state index contributed by atoms with van der Waals surface area (Å²) < 4.78 is 31.1. The molecule has 5 N–H and O–H groups in total. The Hall–Kier alpha value is -0.210. The maximum atomic E-state index is 11.1. The maximum Gasteiger partial charge on any atom is 0.287 e. The first kappa shape index (κ1) is 13.8. The van der Waals surface area contributed by atoms with Crippen LogP contribution in [-0.2, 0) is 10.1 Å². The van der Waals surface area contributed by atoms with Crippen molar-refractivity contribution in [2.24, 2.45) is 11.1 Å². The van der Waals surface area contributed by atoms with Gasteiger partial charge >= 0.3 is 0 Å². The summed E-state index contributed by atoms with van der Waals surface area (Å²) in [6, 6.07) is 0. The lowest BCUT2D eigenvalue weighted by Crippen LogP contribution is -2.66. The minimum absolute atomic E-state index is 0.575. The van der Waals surface area contributed by atoms with Crippen LogP contribution in [0.4, 0.5) is 0 Å². The minimum atomic E-state index is -4.67. The van der Waals surface area contributed by atoms with E-state index in [-0.39, 0.29) is 0 Å². The molecule has 0 spiro atoms. The fourth-order valence-electron chi connectivity index (χ4n) is 1.25. The topological polar surface area (TPSA) is 121 Å². The number of nitrogens with two attached hydrogens (primary N) is 1. The van der Waals surface area contributed by atoms with Gasteiger partial charge in [-0.1, -0.05) is 13.8 Å². The molecule has 0 aliphatic rings. The normalized spacial score (nSPS) is 20.2. The van der Waals surface area contributed by atoms with Gasteiger partial charge in [0.1, 0.15) is 0 Å². The number of hydrogen-bond acceptors (Lipinski definition) is 5. The van der Waals surface area contributed by atoms with Gasteiger partial charge in [-0.3, -0.25) is 4.55 Å². The predicted molar refractivity (Wildman–Crippen MR) is 51.0 cm³/mol. The standard InChI is InChI=1S/C7H17NO5S/c1-5(10)7(8,14(11,12)13)6(2,3)4-9/h5,9-10H,4,8H2,1-3H3,(H,11,12,13). The van der Waals surface area contributed by atoms with Crippen molar-refractivity contribution < 1.29 is 23.2 Å². The molecule has 14 heavy (non-hydrogen) atoms. The molecule has 0 saturated heterocycles. The van der Waals surface area contributed by atoms with Crippen molar-refractivity contribution in [3.8, 4) is 0 Å². The first-order valence-corrected chi connectivity index (χ1v) is 5.49. The van der Waals surface area contributed by atoms with Crippen molar-refractivity contribution in [3.05, 3.63) is 0 Å². The maximum absolute atomic E-state index is 11.1. The zero-order valence-electron chi connectivity index (χ0n) is 8.43. The lowest BCUT2D eigenvalue weighted by atomic mass is 9.82. The molecular weight excluding hydrogens is 210 g/mol. The van der Waals surface area contributed by atoms with Crippen molar-refractivity contribution in [1.82, 2.24) is 0 Å². The van der Waals surface area contributed by atoms with Gasteiger partial charge in [0.2, 0.25) is 0 Å². The number of aliphatic hydroxyl groups excluding tert-OH is 2. The smallest absolute Gasteiger partial charge is 0.287 e. The van der Waals surface area contributed by atoms with E-state index in [0.29, 0.717) is 0 Å². The van der Waals surface area contributed by atoms with Gasteiger partial charge in [-0.2, -0.15) is 8.42 Å². The summed E-state index contributed by atoms with van der Waals surface area (Å²) in [6.45, 7) is 3.25. The van der Waals surface area contributed by atoms with Gasteiger partial charge in [-0.25, -0.2) is 0 Å². The van der Waals surface area contributed by atoms with E-state index in [0.717, 1.165) is 6.92 Å². The van der Waals surface area contributed by atoms with Crippen LogP contribution in [0.25, 0.3) is 0 Å². The van der Waals surface area contributed by atoms with E-state index >= 15 is 0 Å². The molecule has 0 aromatic heterocycles. The van der Waals surface area contributed by atoms with E-state index < -0.39 is 33.1 Å². The molecule has 0 aliphatic carbocycles. The van der Waals surface area contributed by atoms with Crippen LogP contribution < -0.4 is 5.73 Å². The zero-order valence-corrected chi connectivity index (χ0v) is 9.24. The van der Waals surface area contributed by atoms with Crippen LogP contribution in [0, 0.1) is 5.41 Å². The lowest BCUT2D eigenvalue weighted by Gasteiger charge is -2.41. The van der Waals surface area contributed by atoms with Crippen LogP contribution in [0.5, 0.6) is 0 Å². The van der Waals surface area contributed by atoms with E-state index in [9.17, 15) is 13.5 Å². The second-order valence-corrected chi connectivity index (χ2v) is 5.61. The molecular formula is C7H17NO5S. The zero-order chi connectivity index (χ0) is 11.8. The van der Waals surface area contributed by atoms with Crippen LogP contribution in [0.15, 0.2) is 0 Å². The predicted octanol–water partition coefficient (Wildman–Crippen LogP) is -1.07. The van der Waals surface area contributed by atoms with Crippen LogP contribution in [0.1, 0.15) is 20.8 Å². The molecule has 0 aromatic rings. The first-order chi connectivity index (χ1) is 6.00. The van der Waals surface area contributed by atoms with Crippen LogP contribution in [0.3, 0.4) is 0 Å². The fourth-order valence-corrected chi connectivity index (χ4v) is 2.45. The molecule has 2 unspecified atom stereocenters. The van der Waals surface area contributed by atoms with Crippen LogP contribution >= 0.6 is 0 Å². The van der Waals surface area contributed by atoms with Crippen molar-refractivity contribution in [1.29, 1.82) is 0 Å². The highest BCUT2D eigenvalue weighted by Crippen LogP contribution is 2.35. The molecule has 0 aromatic carbocycles. The summed E-state index contributed by atoms with van der Waals surface area (Å²) in [5.74, 6) is 0. The average Bonchev–Trinajstić information content (AvgIpc) is 2.00. The lowest BCUT2D eigenvalue weighted by molar-refractivity contribution is 0.0283. The number of rotatable bonds is 4.